The van der Waals surface area contributed by atoms with Gasteiger partial charge in [-0.2, -0.15) is 5.10 Å². The molecule has 3 rings (SSSR count). The Hall–Kier alpha value is -2.70. The molecule has 0 radical (unpaired) electrons. The maximum atomic E-state index is 13.3. The number of aryl methyl sites for hydroxylation is 1. The van der Waals surface area contributed by atoms with Crippen molar-refractivity contribution in [2.75, 3.05) is 0 Å². The van der Waals surface area contributed by atoms with Crippen LogP contribution in [0.15, 0.2) is 70.2 Å². The van der Waals surface area contributed by atoms with Crippen molar-refractivity contribution in [3.05, 3.63) is 98.2 Å². The van der Waals surface area contributed by atoms with Crippen LogP contribution in [0.2, 0.25) is 5.02 Å². The van der Waals surface area contributed by atoms with Crippen LogP contribution in [0.4, 0.5) is 4.39 Å². The average molecular weight is 476 g/mol. The first-order valence-corrected chi connectivity index (χ1v) is 9.86. The second-order valence-corrected chi connectivity index (χ2v) is 7.61. The van der Waals surface area contributed by atoms with Crippen LogP contribution in [0, 0.1) is 12.7 Å². The Morgan fingerprint density at radius 2 is 2.03 bits per heavy atom. The number of carbonyl (C=O) groups is 1. The van der Waals surface area contributed by atoms with Crippen molar-refractivity contribution in [2.45, 2.75) is 13.5 Å². The number of halogens is 3. The Kier molecular flexibility index (Phi) is 7.01. The van der Waals surface area contributed by atoms with E-state index in [1.54, 1.807) is 42.5 Å². The highest BCUT2D eigenvalue weighted by molar-refractivity contribution is 9.10. The van der Waals surface area contributed by atoms with Crippen LogP contribution in [0.5, 0.6) is 5.75 Å². The van der Waals surface area contributed by atoms with Gasteiger partial charge in [-0.15, -0.1) is 0 Å². The standard InChI is InChI=1S/C22H17BrClFN2O2/c1-14-5-7-19(20(24)9-14)22(28)27-26-12-16-11-17(23)6-8-21(16)29-13-15-3-2-4-18(25)10-15/h2-12H,13H2,1H3,(H,27,28)/b26-12-. The van der Waals surface area contributed by atoms with Gasteiger partial charge in [0.05, 0.1) is 16.8 Å². The minimum atomic E-state index is -0.413. The Morgan fingerprint density at radius 1 is 1.21 bits per heavy atom. The maximum absolute atomic E-state index is 13.3. The Labute approximate surface area is 181 Å². The van der Waals surface area contributed by atoms with Gasteiger partial charge in [0.25, 0.3) is 5.91 Å². The number of amides is 1. The third kappa shape index (κ3) is 5.89. The predicted octanol–water partition coefficient (Wildman–Crippen LogP) is 5.89. The molecule has 3 aromatic carbocycles. The number of benzene rings is 3. The third-order valence-electron chi connectivity index (χ3n) is 3.99. The number of hydrogen-bond acceptors (Lipinski definition) is 3. The van der Waals surface area contributed by atoms with Crippen LogP contribution in [-0.2, 0) is 6.61 Å². The average Bonchev–Trinajstić information content (AvgIpc) is 2.67. The molecule has 7 heteroatoms. The molecule has 148 valence electrons. The number of hydrazone groups is 1. The quantitative estimate of drug-likeness (QED) is 0.357. The Morgan fingerprint density at radius 3 is 2.79 bits per heavy atom. The summed E-state index contributed by atoms with van der Waals surface area (Å²) in [5, 5.41) is 4.37. The lowest BCUT2D eigenvalue weighted by molar-refractivity contribution is 0.0955. The molecule has 0 aromatic heterocycles. The molecule has 0 aliphatic carbocycles. The first kappa shape index (κ1) is 21.0. The summed E-state index contributed by atoms with van der Waals surface area (Å²) in [6.07, 6.45) is 1.48. The lowest BCUT2D eigenvalue weighted by Crippen LogP contribution is -2.18. The molecule has 1 amide bonds. The summed E-state index contributed by atoms with van der Waals surface area (Å²) in [6, 6.07) is 16.8. The van der Waals surface area contributed by atoms with Crippen molar-refractivity contribution in [1.29, 1.82) is 0 Å². The molecule has 0 unspecified atom stereocenters. The van der Waals surface area contributed by atoms with Gasteiger partial charge in [0.2, 0.25) is 0 Å². The van der Waals surface area contributed by atoms with Gasteiger partial charge in [-0.1, -0.05) is 45.7 Å². The van der Waals surface area contributed by atoms with Gasteiger partial charge < -0.3 is 4.74 Å². The number of carbonyl (C=O) groups excluding carboxylic acids is 1. The van der Waals surface area contributed by atoms with Crippen molar-refractivity contribution in [3.8, 4) is 5.75 Å². The van der Waals surface area contributed by atoms with Crippen molar-refractivity contribution in [3.63, 3.8) is 0 Å². The smallest absolute Gasteiger partial charge is 0.272 e. The lowest BCUT2D eigenvalue weighted by atomic mass is 10.1. The van der Waals surface area contributed by atoms with Crippen molar-refractivity contribution >= 4 is 39.7 Å². The SMILES string of the molecule is Cc1ccc(C(=O)N/N=C\c2cc(Br)ccc2OCc2cccc(F)c2)c(Cl)c1. The van der Waals surface area contributed by atoms with E-state index in [0.29, 0.717) is 27.5 Å². The van der Waals surface area contributed by atoms with Gasteiger partial charge in [0.1, 0.15) is 18.2 Å². The highest BCUT2D eigenvalue weighted by atomic mass is 79.9. The molecule has 0 saturated carbocycles. The van der Waals surface area contributed by atoms with Gasteiger partial charge in [-0.05, 0) is 60.5 Å². The molecule has 0 aliphatic heterocycles. The van der Waals surface area contributed by atoms with E-state index in [9.17, 15) is 9.18 Å². The molecule has 1 N–H and O–H groups in total. The van der Waals surface area contributed by atoms with E-state index in [4.69, 9.17) is 16.3 Å². The molecule has 0 spiro atoms. The van der Waals surface area contributed by atoms with Crippen LogP contribution in [-0.4, -0.2) is 12.1 Å². The zero-order valence-electron chi connectivity index (χ0n) is 15.5. The molecule has 0 saturated heterocycles. The predicted molar refractivity (Wildman–Crippen MR) is 116 cm³/mol. The largest absolute Gasteiger partial charge is 0.488 e. The lowest BCUT2D eigenvalue weighted by Gasteiger charge is -2.10. The second-order valence-electron chi connectivity index (χ2n) is 6.28. The van der Waals surface area contributed by atoms with Crippen molar-refractivity contribution in [1.82, 2.24) is 5.43 Å². The van der Waals surface area contributed by atoms with Crippen LogP contribution in [0.3, 0.4) is 0 Å². The molecule has 0 aliphatic rings. The van der Waals surface area contributed by atoms with E-state index in [1.807, 2.05) is 13.0 Å². The van der Waals surface area contributed by atoms with Gasteiger partial charge in [0, 0.05) is 10.0 Å². The molecule has 0 heterocycles. The highest BCUT2D eigenvalue weighted by Crippen LogP contribution is 2.23. The summed E-state index contributed by atoms with van der Waals surface area (Å²) in [5.74, 6) is -0.187. The van der Waals surface area contributed by atoms with Crippen LogP contribution in [0.1, 0.15) is 27.0 Å². The summed E-state index contributed by atoms with van der Waals surface area (Å²) in [6.45, 7) is 2.09. The summed E-state index contributed by atoms with van der Waals surface area (Å²) in [4.78, 5) is 12.3. The van der Waals surface area contributed by atoms with E-state index in [0.717, 1.165) is 10.0 Å². The second kappa shape index (κ2) is 9.67. The molecular weight excluding hydrogens is 459 g/mol. The number of rotatable bonds is 6. The van der Waals surface area contributed by atoms with Crippen LogP contribution < -0.4 is 10.2 Å². The normalized spacial score (nSPS) is 10.9. The van der Waals surface area contributed by atoms with Gasteiger partial charge in [0.15, 0.2) is 0 Å². The minimum absolute atomic E-state index is 0.200. The van der Waals surface area contributed by atoms with Crippen molar-refractivity contribution < 1.29 is 13.9 Å². The van der Waals surface area contributed by atoms with Crippen molar-refractivity contribution in [2.24, 2.45) is 5.10 Å². The molecule has 0 bridgehead atoms. The molecule has 0 fully saturated rings. The molecular formula is C22H17BrClFN2O2. The van der Waals surface area contributed by atoms with Crippen LogP contribution in [0.25, 0.3) is 0 Å². The fraction of sp³-hybridized carbons (Fsp3) is 0.0909. The Balaban J connectivity index is 1.71. The molecule has 0 atom stereocenters. The van der Waals surface area contributed by atoms with Crippen LogP contribution >= 0.6 is 27.5 Å². The monoisotopic (exact) mass is 474 g/mol. The third-order valence-corrected chi connectivity index (χ3v) is 4.80. The fourth-order valence-corrected chi connectivity index (χ4v) is 3.26. The molecule has 4 nitrogen and oxygen atoms in total. The van der Waals surface area contributed by atoms with Gasteiger partial charge in [-0.3, -0.25) is 4.79 Å². The first-order chi connectivity index (χ1) is 13.9. The molecule has 29 heavy (non-hydrogen) atoms. The van der Waals surface area contributed by atoms with Gasteiger partial charge >= 0.3 is 0 Å². The zero-order valence-corrected chi connectivity index (χ0v) is 17.8. The minimum Gasteiger partial charge on any atom is -0.488 e. The zero-order chi connectivity index (χ0) is 20.8. The fourth-order valence-electron chi connectivity index (χ4n) is 2.56. The van der Waals surface area contributed by atoms with E-state index in [2.05, 4.69) is 26.5 Å². The topological polar surface area (TPSA) is 50.7 Å². The molecule has 3 aromatic rings. The number of hydrogen-bond donors (Lipinski definition) is 1. The maximum Gasteiger partial charge on any atom is 0.272 e. The number of ether oxygens (including phenoxy) is 1. The number of nitrogens with zero attached hydrogens (tertiary/aromatic N) is 1. The highest BCUT2D eigenvalue weighted by Gasteiger charge is 2.10. The number of nitrogens with one attached hydrogen (secondary N) is 1. The van der Waals surface area contributed by atoms with E-state index < -0.39 is 5.91 Å². The van der Waals surface area contributed by atoms with E-state index >= 15 is 0 Å². The summed E-state index contributed by atoms with van der Waals surface area (Å²) >= 11 is 9.52. The summed E-state index contributed by atoms with van der Waals surface area (Å²) in [5.41, 5.74) is 5.11. The summed E-state index contributed by atoms with van der Waals surface area (Å²) < 4.78 is 19.9. The van der Waals surface area contributed by atoms with Gasteiger partial charge in [-0.25, -0.2) is 9.82 Å². The van der Waals surface area contributed by atoms with E-state index in [-0.39, 0.29) is 12.4 Å². The van der Waals surface area contributed by atoms with E-state index in [1.165, 1.54) is 18.3 Å². The summed E-state index contributed by atoms with van der Waals surface area (Å²) in [7, 11) is 0. The first-order valence-electron chi connectivity index (χ1n) is 8.69. The Bertz CT molecular complexity index is 1070.